The van der Waals surface area contributed by atoms with Gasteiger partial charge in [0.15, 0.2) is 5.96 Å². The number of para-hydroxylation sites is 1. The Hall–Kier alpha value is -2.61. The smallest absolute Gasteiger partial charge is 0.231 e. The van der Waals surface area contributed by atoms with Crippen LogP contribution >= 0.6 is 0 Å². The molecule has 3 N–H and O–H groups in total. The Morgan fingerprint density at radius 3 is 2.63 bits per heavy atom. The molecular weight excluding hydrogens is 480 g/mol. The van der Waals surface area contributed by atoms with E-state index in [0.29, 0.717) is 18.8 Å². The molecule has 1 saturated carbocycles. The maximum absolute atomic E-state index is 13.5. The van der Waals surface area contributed by atoms with Crippen molar-refractivity contribution in [2.75, 3.05) is 7.11 Å². The third-order valence-corrected chi connectivity index (χ3v) is 8.87. The maximum atomic E-state index is 13.5. The van der Waals surface area contributed by atoms with Crippen LogP contribution in [0.2, 0.25) is 0 Å². The average Bonchev–Trinajstić information content (AvgIpc) is 3.67. The molecule has 0 bridgehead atoms. The molecular formula is C30H46N4O4. The number of carbonyl (C=O) groups is 2. The fraction of sp³-hybridized carbons (Fsp3) is 0.700. The summed E-state index contributed by atoms with van der Waals surface area (Å²) in [6, 6.07) is 7.67. The Morgan fingerprint density at radius 1 is 1.26 bits per heavy atom. The van der Waals surface area contributed by atoms with Gasteiger partial charge in [-0.25, -0.2) is 4.99 Å². The second kappa shape index (κ2) is 11.2. The molecule has 2 heterocycles. The molecule has 1 aliphatic carbocycles. The first-order chi connectivity index (χ1) is 18.0. The molecule has 8 heteroatoms. The Kier molecular flexibility index (Phi) is 8.40. The van der Waals surface area contributed by atoms with Crippen LogP contribution in [0.1, 0.15) is 97.6 Å². The maximum Gasteiger partial charge on any atom is 0.231 e. The standard InChI is InChI=1S/C30H46N4O4/c1-7-30(8-2)18-26(35)34(28(31)33-30)24(14-11-12-19(3)37-6)21-16-22(21)27(36)32-23-17-29(4,5)38-25-15-10-9-13-20(23)25/h9-10,13,15,19,21-24H,7-8,11-12,14,16-18H2,1-6H3,(H2,31,33)(H,32,36)/t19?,21-,22-,23+,24?/m1/s1. The lowest BCUT2D eigenvalue weighted by Gasteiger charge is -2.40. The third kappa shape index (κ3) is 6.00. The van der Waals surface area contributed by atoms with Crippen molar-refractivity contribution in [2.24, 2.45) is 22.6 Å². The molecule has 1 aromatic rings. The van der Waals surface area contributed by atoms with Crippen molar-refractivity contribution in [1.29, 1.82) is 0 Å². The van der Waals surface area contributed by atoms with Gasteiger partial charge < -0.3 is 20.5 Å². The Morgan fingerprint density at radius 2 is 1.97 bits per heavy atom. The molecule has 0 aromatic heterocycles. The number of hydrogen-bond donors (Lipinski definition) is 2. The lowest BCUT2D eigenvalue weighted by atomic mass is 9.87. The summed E-state index contributed by atoms with van der Waals surface area (Å²) in [5.74, 6) is 1.11. The fourth-order valence-corrected chi connectivity index (χ4v) is 6.26. The van der Waals surface area contributed by atoms with Crippen molar-refractivity contribution in [1.82, 2.24) is 10.2 Å². The molecule has 1 fully saturated rings. The van der Waals surface area contributed by atoms with Gasteiger partial charge in [0.1, 0.15) is 11.4 Å². The summed E-state index contributed by atoms with van der Waals surface area (Å²) in [5, 5.41) is 3.31. The van der Waals surface area contributed by atoms with Gasteiger partial charge in [-0.2, -0.15) is 0 Å². The predicted molar refractivity (Wildman–Crippen MR) is 149 cm³/mol. The van der Waals surface area contributed by atoms with Crippen LogP contribution in [0.4, 0.5) is 0 Å². The van der Waals surface area contributed by atoms with Crippen LogP contribution in [0.5, 0.6) is 5.75 Å². The number of rotatable bonds is 11. The van der Waals surface area contributed by atoms with E-state index in [1.54, 1.807) is 12.0 Å². The summed E-state index contributed by atoms with van der Waals surface area (Å²) < 4.78 is 11.6. The van der Waals surface area contributed by atoms with Gasteiger partial charge in [0, 0.05) is 31.1 Å². The number of amides is 2. The number of aliphatic imine (C=N–C) groups is 1. The van der Waals surface area contributed by atoms with Crippen molar-refractivity contribution in [3.8, 4) is 5.75 Å². The highest BCUT2D eigenvalue weighted by molar-refractivity contribution is 5.99. The number of ether oxygens (including phenoxy) is 2. The molecule has 38 heavy (non-hydrogen) atoms. The summed E-state index contributed by atoms with van der Waals surface area (Å²) in [5.41, 5.74) is 6.72. The molecule has 1 aromatic carbocycles. The molecule has 5 atom stereocenters. The highest BCUT2D eigenvalue weighted by Crippen LogP contribution is 2.47. The second-order valence-corrected chi connectivity index (χ2v) is 12.1. The normalized spacial score (nSPS) is 27.0. The van der Waals surface area contributed by atoms with Crippen LogP contribution in [-0.4, -0.2) is 53.1 Å². The van der Waals surface area contributed by atoms with Gasteiger partial charge in [0.2, 0.25) is 11.8 Å². The quantitative estimate of drug-likeness (QED) is 0.434. The number of guanidine groups is 1. The lowest BCUT2D eigenvalue weighted by Crippen LogP contribution is -2.56. The van der Waals surface area contributed by atoms with Crippen molar-refractivity contribution < 1.29 is 19.1 Å². The zero-order valence-corrected chi connectivity index (χ0v) is 24.0. The van der Waals surface area contributed by atoms with Crippen LogP contribution in [0.15, 0.2) is 29.3 Å². The fourth-order valence-electron chi connectivity index (χ4n) is 6.26. The van der Waals surface area contributed by atoms with Gasteiger partial charge in [-0.1, -0.05) is 32.0 Å². The third-order valence-electron chi connectivity index (χ3n) is 8.87. The minimum atomic E-state index is -0.420. The molecule has 2 unspecified atom stereocenters. The number of nitrogens with two attached hydrogens (primary N) is 1. The molecule has 2 aliphatic heterocycles. The summed E-state index contributed by atoms with van der Waals surface area (Å²) in [6.07, 6.45) is 6.04. The van der Waals surface area contributed by atoms with Crippen molar-refractivity contribution in [3.63, 3.8) is 0 Å². The number of hydrogen-bond acceptors (Lipinski definition) is 6. The van der Waals surface area contributed by atoms with E-state index in [2.05, 4.69) is 33.0 Å². The summed E-state index contributed by atoms with van der Waals surface area (Å²) in [4.78, 5) is 33.6. The number of benzene rings is 1. The summed E-state index contributed by atoms with van der Waals surface area (Å²) in [6.45, 7) is 10.3. The van der Waals surface area contributed by atoms with Gasteiger partial charge in [-0.15, -0.1) is 0 Å². The predicted octanol–water partition coefficient (Wildman–Crippen LogP) is 4.72. The van der Waals surface area contributed by atoms with Crippen molar-refractivity contribution in [3.05, 3.63) is 29.8 Å². The molecule has 0 spiro atoms. The van der Waals surface area contributed by atoms with E-state index in [1.165, 1.54) is 0 Å². The van der Waals surface area contributed by atoms with Crippen molar-refractivity contribution >= 4 is 17.8 Å². The summed E-state index contributed by atoms with van der Waals surface area (Å²) in [7, 11) is 1.72. The van der Waals surface area contributed by atoms with Crippen LogP contribution < -0.4 is 15.8 Å². The molecule has 8 nitrogen and oxygen atoms in total. The Labute approximate surface area is 227 Å². The first-order valence-electron chi connectivity index (χ1n) is 14.3. The van der Waals surface area contributed by atoms with Crippen molar-refractivity contribution in [2.45, 2.75) is 115 Å². The van der Waals surface area contributed by atoms with Crippen LogP contribution in [0.25, 0.3) is 0 Å². The largest absolute Gasteiger partial charge is 0.487 e. The zero-order chi connectivity index (χ0) is 27.7. The minimum absolute atomic E-state index is 0.0251. The van der Waals surface area contributed by atoms with E-state index >= 15 is 0 Å². The van der Waals surface area contributed by atoms with Crippen LogP contribution in [-0.2, 0) is 14.3 Å². The minimum Gasteiger partial charge on any atom is -0.487 e. The topological polar surface area (TPSA) is 106 Å². The van der Waals surface area contributed by atoms with E-state index in [1.807, 2.05) is 31.2 Å². The van der Waals surface area contributed by atoms with E-state index in [-0.39, 0.29) is 47.4 Å². The number of carbonyl (C=O) groups excluding carboxylic acids is 2. The Bertz CT molecular complexity index is 1050. The van der Waals surface area contributed by atoms with E-state index in [4.69, 9.17) is 20.2 Å². The van der Waals surface area contributed by atoms with E-state index < -0.39 is 5.54 Å². The SMILES string of the molecule is CCC1(CC)CC(=O)N(C(CCCC(C)OC)[C@@H]2C[C@H]2C(=O)N[C@H]2CC(C)(C)Oc3ccccc32)C(N)=N1. The molecule has 210 valence electrons. The zero-order valence-electron chi connectivity index (χ0n) is 24.0. The number of methoxy groups -OCH3 is 1. The van der Waals surface area contributed by atoms with Gasteiger partial charge in [-0.05, 0) is 71.3 Å². The molecule has 4 rings (SSSR count). The second-order valence-electron chi connectivity index (χ2n) is 12.1. The number of nitrogens with one attached hydrogen (secondary N) is 1. The van der Waals surface area contributed by atoms with E-state index in [9.17, 15) is 9.59 Å². The highest BCUT2D eigenvalue weighted by atomic mass is 16.5. The number of nitrogens with zero attached hydrogens (tertiary/aromatic N) is 2. The van der Waals surface area contributed by atoms with Gasteiger partial charge in [0.05, 0.1) is 24.1 Å². The highest BCUT2D eigenvalue weighted by Gasteiger charge is 2.53. The first kappa shape index (κ1) is 28.4. The van der Waals surface area contributed by atoms with E-state index in [0.717, 1.165) is 49.8 Å². The average molecular weight is 527 g/mol. The molecule has 3 aliphatic rings. The molecule has 2 amide bonds. The van der Waals surface area contributed by atoms with Gasteiger partial charge in [-0.3, -0.25) is 14.5 Å². The van der Waals surface area contributed by atoms with Gasteiger partial charge >= 0.3 is 0 Å². The summed E-state index contributed by atoms with van der Waals surface area (Å²) >= 11 is 0. The monoisotopic (exact) mass is 526 g/mol. The molecule has 0 saturated heterocycles. The lowest BCUT2D eigenvalue weighted by molar-refractivity contribution is -0.132. The first-order valence-corrected chi connectivity index (χ1v) is 14.3. The van der Waals surface area contributed by atoms with Crippen LogP contribution in [0, 0.1) is 11.8 Å². The van der Waals surface area contributed by atoms with Gasteiger partial charge in [0.25, 0.3) is 0 Å². The molecule has 0 radical (unpaired) electrons. The Balaban J connectivity index is 1.51. The number of fused-ring (bicyclic) bond motifs is 1. The van der Waals surface area contributed by atoms with Crippen LogP contribution in [0.3, 0.4) is 0 Å².